The van der Waals surface area contributed by atoms with Crippen LogP contribution in [-0.4, -0.2) is 81.6 Å². The van der Waals surface area contributed by atoms with Gasteiger partial charge in [-0.1, -0.05) is 45.9 Å². The molecule has 0 amide bonds. The highest BCUT2D eigenvalue weighted by Gasteiger charge is 2.77. The Labute approximate surface area is 246 Å². The first kappa shape index (κ1) is 30.7. The fourth-order valence-corrected chi connectivity index (χ4v) is 8.46. The molecule has 10 heteroatoms. The van der Waals surface area contributed by atoms with Crippen LogP contribution in [0.25, 0.3) is 0 Å². The molecule has 0 aromatic heterocycles. The number of hydrogen-bond acceptors (Lipinski definition) is 10. The molecular weight excluding hydrogens is 544 g/mol. The first-order valence-electron chi connectivity index (χ1n) is 14.6. The van der Waals surface area contributed by atoms with E-state index in [9.17, 15) is 29.7 Å². The number of aliphatic hydroxyl groups is 3. The Morgan fingerprint density at radius 2 is 1.64 bits per heavy atom. The molecule has 1 aliphatic heterocycles. The van der Waals surface area contributed by atoms with Crippen molar-refractivity contribution in [1.29, 1.82) is 0 Å². The minimum atomic E-state index is -1.96. The minimum absolute atomic E-state index is 0.0463. The molecule has 3 fully saturated rings. The molecule has 5 rings (SSSR count). The number of fused-ring (bicyclic) bond motifs is 5. The fraction of sp³-hybridized carbons (Fsp3) is 0.656. The molecule has 1 heterocycles. The Kier molecular flexibility index (Phi) is 7.41. The lowest BCUT2D eigenvalue weighted by Crippen LogP contribution is -2.81. The second kappa shape index (κ2) is 10.1. The summed E-state index contributed by atoms with van der Waals surface area (Å²) in [6, 6.07) is 8.34. The van der Waals surface area contributed by atoms with Crippen molar-refractivity contribution < 1.29 is 48.7 Å². The summed E-state index contributed by atoms with van der Waals surface area (Å²) < 4.78 is 24.2. The third-order valence-corrected chi connectivity index (χ3v) is 10.9. The number of rotatable bonds is 4. The van der Waals surface area contributed by atoms with Gasteiger partial charge < -0.3 is 34.3 Å². The van der Waals surface area contributed by atoms with Crippen LogP contribution in [0.2, 0.25) is 0 Å². The monoisotopic (exact) mass is 586 g/mol. The van der Waals surface area contributed by atoms with Crippen LogP contribution in [0.4, 0.5) is 0 Å². The molecule has 3 N–H and O–H groups in total. The number of ether oxygens (including phenoxy) is 4. The van der Waals surface area contributed by atoms with E-state index in [1.165, 1.54) is 13.8 Å². The average Bonchev–Trinajstić information content (AvgIpc) is 2.90. The molecule has 10 nitrogen and oxygen atoms in total. The van der Waals surface area contributed by atoms with E-state index in [2.05, 4.69) is 0 Å². The van der Waals surface area contributed by atoms with Crippen molar-refractivity contribution in [3.8, 4) is 0 Å². The van der Waals surface area contributed by atoms with Crippen LogP contribution in [0.3, 0.4) is 0 Å². The van der Waals surface area contributed by atoms with Gasteiger partial charge in [-0.3, -0.25) is 9.59 Å². The van der Waals surface area contributed by atoms with Gasteiger partial charge in [0, 0.05) is 31.1 Å². The van der Waals surface area contributed by atoms with Crippen LogP contribution in [0, 0.1) is 22.7 Å². The maximum absolute atomic E-state index is 13.8. The fourth-order valence-electron chi connectivity index (χ4n) is 8.46. The van der Waals surface area contributed by atoms with Crippen molar-refractivity contribution in [2.75, 3.05) is 6.61 Å². The third kappa shape index (κ3) is 4.17. The lowest BCUT2D eigenvalue weighted by molar-refractivity contribution is -0.358. The summed E-state index contributed by atoms with van der Waals surface area (Å²) in [6.07, 6.45) is -5.64. The highest BCUT2D eigenvalue weighted by molar-refractivity contribution is 5.89. The highest BCUT2D eigenvalue weighted by Crippen LogP contribution is 2.66. The molecule has 1 aromatic carbocycles. The number of esters is 3. The van der Waals surface area contributed by atoms with Gasteiger partial charge in [0.25, 0.3) is 0 Å². The van der Waals surface area contributed by atoms with Gasteiger partial charge in [0.1, 0.15) is 23.9 Å². The van der Waals surface area contributed by atoms with Crippen LogP contribution in [0.15, 0.2) is 41.5 Å². The van der Waals surface area contributed by atoms with Gasteiger partial charge in [-0.15, -0.1) is 0 Å². The lowest BCUT2D eigenvalue weighted by atomic mass is 9.43. The Hall–Kier alpha value is -2.79. The van der Waals surface area contributed by atoms with Crippen LogP contribution in [0.5, 0.6) is 0 Å². The molecule has 3 aliphatic carbocycles. The summed E-state index contributed by atoms with van der Waals surface area (Å²) in [7, 11) is 0. The molecule has 4 aliphatic rings. The van der Waals surface area contributed by atoms with Gasteiger partial charge in [0.2, 0.25) is 0 Å². The Bertz CT molecular complexity index is 1310. The maximum Gasteiger partial charge on any atom is 0.338 e. The Morgan fingerprint density at radius 1 is 1.00 bits per heavy atom. The smallest absolute Gasteiger partial charge is 0.338 e. The van der Waals surface area contributed by atoms with E-state index in [0.717, 1.165) is 0 Å². The topological polar surface area (TPSA) is 149 Å². The van der Waals surface area contributed by atoms with E-state index in [-0.39, 0.29) is 24.5 Å². The molecule has 10 atom stereocenters. The number of benzene rings is 1. The first-order valence-corrected chi connectivity index (χ1v) is 14.6. The Balaban J connectivity index is 1.83. The summed E-state index contributed by atoms with van der Waals surface area (Å²) in [5.41, 5.74) is -4.78. The first-order chi connectivity index (χ1) is 19.5. The zero-order valence-electron chi connectivity index (χ0n) is 25.2. The standard InChI is InChI=1S/C32H42O10/c1-16-13-22-31(15-39-22,42-19(4)34)25-27(41-28(37)20-11-9-8-10-12-20)32(38)14-21(35)17(2)23(29(32,5)6)24(40-18(3)33)26(36)30(16,25)7/h8-12,16,21-22,24-27,35-36,38H,13-15H2,1-7H3/t16-,21?,22+,24+,25?,26+,27-,30+,31-,32+/m0/s1. The van der Waals surface area contributed by atoms with E-state index in [1.54, 1.807) is 58.0 Å². The van der Waals surface area contributed by atoms with Crippen molar-refractivity contribution in [1.82, 2.24) is 0 Å². The van der Waals surface area contributed by atoms with Gasteiger partial charge >= 0.3 is 17.9 Å². The second-order valence-electron chi connectivity index (χ2n) is 13.4. The molecule has 2 bridgehead atoms. The van der Waals surface area contributed by atoms with Gasteiger partial charge in [0.15, 0.2) is 11.7 Å². The Morgan fingerprint density at radius 3 is 2.19 bits per heavy atom. The van der Waals surface area contributed by atoms with Crippen LogP contribution in [-0.2, 0) is 28.5 Å². The SMILES string of the molecule is CC(=O)O[C@@H]1C2=C(C)C(O)C[C@@](O)([C@@H](OC(=O)c3ccccc3)C3[C@](C)([C@@H]1O)[C@@H](C)C[C@H]1OC[C@@]31OC(C)=O)C2(C)C. The predicted octanol–water partition coefficient (Wildman–Crippen LogP) is 2.72. The number of aliphatic hydroxyl groups excluding tert-OH is 2. The largest absolute Gasteiger partial charge is 0.455 e. The van der Waals surface area contributed by atoms with E-state index in [4.69, 9.17) is 18.9 Å². The molecule has 1 saturated heterocycles. The van der Waals surface area contributed by atoms with E-state index >= 15 is 0 Å². The zero-order chi connectivity index (χ0) is 31.0. The summed E-state index contributed by atoms with van der Waals surface area (Å²) in [4.78, 5) is 38.9. The zero-order valence-corrected chi connectivity index (χ0v) is 25.2. The summed E-state index contributed by atoms with van der Waals surface area (Å²) in [5.74, 6) is -3.30. The number of hydrogen-bond donors (Lipinski definition) is 3. The molecule has 0 spiro atoms. The molecule has 230 valence electrons. The summed E-state index contributed by atoms with van der Waals surface area (Å²) in [5, 5.41) is 36.8. The van der Waals surface area contributed by atoms with E-state index < -0.39 is 76.4 Å². The van der Waals surface area contributed by atoms with Crippen molar-refractivity contribution in [3.63, 3.8) is 0 Å². The summed E-state index contributed by atoms with van der Waals surface area (Å²) in [6.45, 7) is 11.3. The predicted molar refractivity (Wildman–Crippen MR) is 149 cm³/mol. The van der Waals surface area contributed by atoms with Crippen LogP contribution in [0.1, 0.15) is 71.7 Å². The lowest BCUT2D eigenvalue weighted by Gasteiger charge is -2.69. The van der Waals surface area contributed by atoms with E-state index in [1.807, 2.05) is 6.92 Å². The second-order valence-corrected chi connectivity index (χ2v) is 13.4. The van der Waals surface area contributed by atoms with Crippen molar-refractivity contribution in [2.24, 2.45) is 22.7 Å². The number of carbonyl (C=O) groups excluding carboxylic acids is 3. The minimum Gasteiger partial charge on any atom is -0.455 e. The van der Waals surface area contributed by atoms with Crippen LogP contribution < -0.4 is 0 Å². The van der Waals surface area contributed by atoms with Gasteiger partial charge in [-0.2, -0.15) is 0 Å². The third-order valence-electron chi connectivity index (χ3n) is 10.9. The van der Waals surface area contributed by atoms with Crippen LogP contribution >= 0.6 is 0 Å². The van der Waals surface area contributed by atoms with E-state index in [0.29, 0.717) is 17.6 Å². The molecule has 2 unspecified atom stereocenters. The molecule has 0 radical (unpaired) electrons. The average molecular weight is 587 g/mol. The molecular formula is C32H42O10. The quantitative estimate of drug-likeness (QED) is 0.273. The molecule has 1 aromatic rings. The highest BCUT2D eigenvalue weighted by atomic mass is 16.6. The van der Waals surface area contributed by atoms with Gasteiger partial charge in [0.05, 0.1) is 24.2 Å². The number of carbonyl (C=O) groups is 3. The van der Waals surface area contributed by atoms with Crippen molar-refractivity contribution in [2.45, 2.75) is 103 Å². The summed E-state index contributed by atoms with van der Waals surface area (Å²) >= 11 is 0. The molecule has 42 heavy (non-hydrogen) atoms. The van der Waals surface area contributed by atoms with Gasteiger partial charge in [-0.05, 0) is 42.5 Å². The maximum atomic E-state index is 13.8. The molecule has 2 saturated carbocycles. The van der Waals surface area contributed by atoms with Crippen molar-refractivity contribution in [3.05, 3.63) is 47.0 Å². The normalized spacial score (nSPS) is 42.1. The van der Waals surface area contributed by atoms with Gasteiger partial charge in [-0.25, -0.2) is 4.79 Å². The van der Waals surface area contributed by atoms with Crippen molar-refractivity contribution >= 4 is 17.9 Å².